The summed E-state index contributed by atoms with van der Waals surface area (Å²) < 4.78 is 0. The molecule has 2 aliphatic heterocycles. The number of benzene rings is 1. The second-order valence-electron chi connectivity index (χ2n) is 7.41. The van der Waals surface area contributed by atoms with Crippen molar-refractivity contribution in [1.82, 2.24) is 15.2 Å². The zero-order chi connectivity index (χ0) is 19.8. The van der Waals surface area contributed by atoms with Crippen LogP contribution in [-0.4, -0.2) is 34.0 Å². The summed E-state index contributed by atoms with van der Waals surface area (Å²) in [5, 5.41) is 13.3. The molecule has 9 heteroatoms. The third-order valence-electron chi connectivity index (χ3n) is 4.92. The molecule has 0 saturated heterocycles. The number of hydrogen-bond acceptors (Lipinski definition) is 6. The quantitative estimate of drug-likeness (QED) is 0.588. The summed E-state index contributed by atoms with van der Waals surface area (Å²) in [5.74, 6) is 1.11. The van der Waals surface area contributed by atoms with Crippen molar-refractivity contribution in [3.8, 4) is 0 Å². The number of nitrogens with one attached hydrogen (secondary N) is 4. The van der Waals surface area contributed by atoms with Crippen molar-refractivity contribution in [3.63, 3.8) is 0 Å². The molecule has 3 heterocycles. The molecule has 4 N–H and O–H groups in total. The van der Waals surface area contributed by atoms with Crippen molar-refractivity contribution in [2.45, 2.75) is 24.7 Å². The van der Waals surface area contributed by atoms with Gasteiger partial charge in [0.05, 0.1) is 12.4 Å². The summed E-state index contributed by atoms with van der Waals surface area (Å²) >= 11 is 1.68. The number of anilines is 2. The van der Waals surface area contributed by atoms with Crippen LogP contribution in [-0.2, 0) is 4.79 Å². The van der Waals surface area contributed by atoms with Gasteiger partial charge in [0.2, 0.25) is 5.91 Å². The maximum absolute atomic E-state index is 11.9. The first kappa shape index (κ1) is 18.0. The number of nitrogens with zero attached hydrogens (tertiary/aromatic N) is 3. The highest BCUT2D eigenvalue weighted by Gasteiger charge is 2.32. The lowest BCUT2D eigenvalue weighted by Crippen LogP contribution is -3.07. The monoisotopic (exact) mass is 408 g/mol. The first-order valence-electron chi connectivity index (χ1n) is 9.60. The topological polar surface area (TPSA) is 89.8 Å². The molecule has 0 spiro atoms. The lowest BCUT2D eigenvalue weighted by Gasteiger charge is -2.28. The van der Waals surface area contributed by atoms with Gasteiger partial charge in [-0.15, -0.1) is 0 Å². The molecule has 148 valence electrons. The first-order chi connectivity index (χ1) is 14.1. The molecular weight excluding hydrogens is 386 g/mol. The number of quaternary nitrogens is 1. The van der Waals surface area contributed by atoms with E-state index in [4.69, 9.17) is 0 Å². The fourth-order valence-electron chi connectivity index (χ4n) is 3.24. The Balaban J connectivity index is 1.30. The van der Waals surface area contributed by atoms with Gasteiger partial charge in [-0.25, -0.2) is 9.89 Å². The number of aromatic nitrogens is 2. The van der Waals surface area contributed by atoms with Crippen LogP contribution in [0.5, 0.6) is 0 Å². The molecule has 3 aliphatic rings. The van der Waals surface area contributed by atoms with Crippen LogP contribution in [0.4, 0.5) is 11.5 Å². The van der Waals surface area contributed by atoms with Crippen LogP contribution in [0.25, 0.3) is 0 Å². The Morgan fingerprint density at radius 2 is 2.14 bits per heavy atom. The van der Waals surface area contributed by atoms with E-state index >= 15 is 0 Å². The number of aromatic amines is 1. The number of carbonyl (C=O) groups excluding carboxylic acids is 1. The van der Waals surface area contributed by atoms with Crippen molar-refractivity contribution in [2.75, 3.05) is 17.3 Å². The van der Waals surface area contributed by atoms with Crippen LogP contribution in [0.1, 0.15) is 18.5 Å². The average Bonchev–Trinajstić information content (AvgIpc) is 3.32. The van der Waals surface area contributed by atoms with E-state index < -0.39 is 0 Å². The number of hydrogen-bond donors (Lipinski definition) is 4. The Morgan fingerprint density at radius 3 is 2.86 bits per heavy atom. The molecule has 29 heavy (non-hydrogen) atoms. The maximum atomic E-state index is 11.9. The molecule has 2 aromatic rings. The van der Waals surface area contributed by atoms with Gasteiger partial charge in [-0.3, -0.25) is 20.3 Å². The molecule has 1 aliphatic carbocycles. The highest BCUT2D eigenvalue weighted by Crippen LogP contribution is 2.31. The molecule has 1 aromatic carbocycles. The Hall–Kier alpha value is -3.04. The second-order valence-corrected chi connectivity index (χ2v) is 8.52. The van der Waals surface area contributed by atoms with Crippen molar-refractivity contribution in [1.29, 1.82) is 0 Å². The maximum Gasteiger partial charge on any atom is 0.227 e. The predicted molar refractivity (Wildman–Crippen MR) is 113 cm³/mol. The lowest BCUT2D eigenvalue weighted by molar-refractivity contribution is -0.700. The molecular formula is C20H22N7OS+. The van der Waals surface area contributed by atoms with E-state index in [0.717, 1.165) is 51.4 Å². The number of carbonyl (C=O) groups is 1. The summed E-state index contributed by atoms with van der Waals surface area (Å²) in [6.07, 6.45) is 7.92. The predicted octanol–water partition coefficient (Wildman–Crippen LogP) is 2.07. The van der Waals surface area contributed by atoms with Crippen LogP contribution in [0, 0.1) is 12.8 Å². The number of amides is 1. The summed E-state index contributed by atoms with van der Waals surface area (Å²) in [4.78, 5) is 18.5. The van der Waals surface area contributed by atoms with Gasteiger partial charge in [-0.05, 0) is 55.8 Å². The van der Waals surface area contributed by atoms with Gasteiger partial charge in [0.1, 0.15) is 6.54 Å². The van der Waals surface area contributed by atoms with Crippen molar-refractivity contribution < 1.29 is 9.69 Å². The zero-order valence-corrected chi connectivity index (χ0v) is 16.8. The highest BCUT2D eigenvalue weighted by atomic mass is 32.2. The number of thioether (sulfide) groups is 1. The Labute approximate surface area is 172 Å². The third-order valence-corrected chi connectivity index (χ3v) is 5.97. The van der Waals surface area contributed by atoms with Gasteiger partial charge in [0, 0.05) is 28.3 Å². The van der Waals surface area contributed by atoms with E-state index in [-0.39, 0.29) is 11.8 Å². The minimum atomic E-state index is 0.128. The van der Waals surface area contributed by atoms with E-state index in [2.05, 4.69) is 32.1 Å². The molecule has 1 fully saturated rings. The Morgan fingerprint density at radius 1 is 1.31 bits per heavy atom. The van der Waals surface area contributed by atoms with Crippen molar-refractivity contribution >= 4 is 35.5 Å². The third kappa shape index (κ3) is 4.06. The minimum Gasteiger partial charge on any atom is -0.326 e. The molecule has 1 amide bonds. The molecule has 1 atom stereocenters. The van der Waals surface area contributed by atoms with E-state index in [1.54, 1.807) is 11.8 Å². The molecule has 1 unspecified atom stereocenters. The van der Waals surface area contributed by atoms with Crippen molar-refractivity contribution in [2.24, 2.45) is 10.9 Å². The van der Waals surface area contributed by atoms with Crippen LogP contribution in [0.3, 0.4) is 0 Å². The van der Waals surface area contributed by atoms with Crippen LogP contribution in [0.15, 0.2) is 63.3 Å². The van der Waals surface area contributed by atoms with Gasteiger partial charge >= 0.3 is 0 Å². The smallest absolute Gasteiger partial charge is 0.227 e. The fourth-order valence-corrected chi connectivity index (χ4v) is 4.24. The summed E-state index contributed by atoms with van der Waals surface area (Å²) in [6, 6.07) is 9.95. The first-order valence-corrected chi connectivity index (χ1v) is 10.4. The second kappa shape index (κ2) is 7.41. The highest BCUT2D eigenvalue weighted by molar-refractivity contribution is 8.02. The van der Waals surface area contributed by atoms with E-state index in [0.29, 0.717) is 0 Å². The van der Waals surface area contributed by atoms with E-state index in [1.165, 1.54) is 5.70 Å². The Kier molecular flexibility index (Phi) is 4.61. The Bertz CT molecular complexity index is 1020. The van der Waals surface area contributed by atoms with Gasteiger partial charge in [0.25, 0.3) is 0 Å². The number of aryl methyl sites for hydroxylation is 1. The van der Waals surface area contributed by atoms with E-state index in [9.17, 15) is 4.79 Å². The van der Waals surface area contributed by atoms with Crippen LogP contribution < -0.4 is 15.6 Å². The zero-order valence-electron chi connectivity index (χ0n) is 16.0. The largest absolute Gasteiger partial charge is 0.326 e. The normalized spacial score (nSPS) is 20.2. The van der Waals surface area contributed by atoms with Gasteiger partial charge < -0.3 is 5.32 Å². The van der Waals surface area contributed by atoms with Gasteiger partial charge in [0.15, 0.2) is 22.9 Å². The minimum absolute atomic E-state index is 0.128. The SMILES string of the molecule is Cc1cc(NN2C=C(Sc3ccc(NC(=O)C4CC4)cc3)[NH+]3C=NC=C3C2)n[nH]1. The standard InChI is InChI=1S/C20H21N7OS/c1-13-8-18(24-23-13)25-26-10-16-9-21-12-27(16)19(11-26)29-17-6-4-15(5-7-17)22-20(28)14-2-3-14/h4-9,11-12,14H,2-3,10H2,1H3,(H,22,28)(H2,23,24,25)/p+1. The van der Waals surface area contributed by atoms with Gasteiger partial charge in [-0.1, -0.05) is 0 Å². The fraction of sp³-hybridized carbons (Fsp3) is 0.250. The molecule has 1 aromatic heterocycles. The molecule has 0 radical (unpaired) electrons. The summed E-state index contributed by atoms with van der Waals surface area (Å²) in [5.41, 5.74) is 6.34. The molecule has 0 bridgehead atoms. The average molecular weight is 409 g/mol. The van der Waals surface area contributed by atoms with Crippen LogP contribution >= 0.6 is 11.8 Å². The number of H-pyrrole nitrogens is 1. The molecule has 1 saturated carbocycles. The molecule has 8 nitrogen and oxygen atoms in total. The van der Waals surface area contributed by atoms with Gasteiger partial charge in [-0.2, -0.15) is 5.10 Å². The lowest BCUT2D eigenvalue weighted by atomic mass is 10.3. The number of fused-ring (bicyclic) bond motifs is 1. The van der Waals surface area contributed by atoms with Crippen LogP contribution in [0.2, 0.25) is 0 Å². The number of aliphatic imine (C=N–C) groups is 1. The van der Waals surface area contributed by atoms with E-state index in [1.807, 2.05) is 54.8 Å². The number of hydrazine groups is 1. The summed E-state index contributed by atoms with van der Waals surface area (Å²) in [7, 11) is 0. The molecule has 5 rings (SSSR count). The number of rotatable bonds is 6. The summed E-state index contributed by atoms with van der Waals surface area (Å²) in [6.45, 7) is 2.69. The van der Waals surface area contributed by atoms with Crippen molar-refractivity contribution in [3.05, 3.63) is 59.2 Å².